The molecule has 0 bridgehead atoms. The third-order valence-corrected chi connectivity index (χ3v) is 2.65. The maximum Gasteiger partial charge on any atom is 0.224 e. The van der Waals surface area contributed by atoms with Crippen LogP contribution in [0.1, 0.15) is 32.4 Å². The highest BCUT2D eigenvalue weighted by molar-refractivity contribution is 5.39. The second kappa shape index (κ2) is 6.17. The van der Waals surface area contributed by atoms with Gasteiger partial charge in [-0.05, 0) is 26.8 Å². The zero-order chi connectivity index (χ0) is 13.7. The van der Waals surface area contributed by atoms with Gasteiger partial charge in [-0.2, -0.15) is 10.1 Å². The summed E-state index contributed by atoms with van der Waals surface area (Å²) in [5.74, 6) is 1.45. The SMILES string of the molecule is CCNc1ccnc(NCc2cnn(C(C)C)c2)n1. The van der Waals surface area contributed by atoms with Gasteiger partial charge < -0.3 is 10.6 Å². The molecule has 102 valence electrons. The first kappa shape index (κ1) is 13.3. The number of aromatic nitrogens is 4. The van der Waals surface area contributed by atoms with Crippen LogP contribution in [0, 0.1) is 0 Å². The van der Waals surface area contributed by atoms with E-state index < -0.39 is 0 Å². The molecule has 0 aliphatic rings. The Morgan fingerprint density at radius 3 is 2.84 bits per heavy atom. The van der Waals surface area contributed by atoms with E-state index in [9.17, 15) is 0 Å². The third-order valence-electron chi connectivity index (χ3n) is 2.65. The molecule has 2 aromatic heterocycles. The Kier molecular flexibility index (Phi) is 4.33. The van der Waals surface area contributed by atoms with Crippen LogP contribution in [-0.2, 0) is 6.54 Å². The number of hydrogen-bond donors (Lipinski definition) is 2. The molecule has 0 saturated carbocycles. The minimum atomic E-state index is 0.377. The Labute approximate surface area is 113 Å². The first-order chi connectivity index (χ1) is 9.19. The van der Waals surface area contributed by atoms with Crippen LogP contribution in [0.4, 0.5) is 11.8 Å². The molecule has 0 spiro atoms. The normalized spacial score (nSPS) is 10.7. The molecule has 0 unspecified atom stereocenters. The number of nitrogens with zero attached hydrogens (tertiary/aromatic N) is 4. The van der Waals surface area contributed by atoms with E-state index in [-0.39, 0.29) is 0 Å². The summed E-state index contributed by atoms with van der Waals surface area (Å²) in [7, 11) is 0. The van der Waals surface area contributed by atoms with Crippen molar-refractivity contribution >= 4 is 11.8 Å². The standard InChI is InChI=1S/C13H20N6/c1-4-14-12-5-6-15-13(18-12)16-7-11-8-17-19(9-11)10(2)3/h5-6,8-10H,4,7H2,1-3H3,(H2,14,15,16,18). The van der Waals surface area contributed by atoms with E-state index in [1.54, 1.807) is 6.20 Å². The minimum Gasteiger partial charge on any atom is -0.370 e. The molecule has 2 N–H and O–H groups in total. The van der Waals surface area contributed by atoms with E-state index in [0.717, 1.165) is 17.9 Å². The first-order valence-electron chi connectivity index (χ1n) is 6.53. The van der Waals surface area contributed by atoms with Gasteiger partial charge in [0.15, 0.2) is 0 Å². The average molecular weight is 260 g/mol. The molecule has 0 saturated heterocycles. The second-order valence-electron chi connectivity index (χ2n) is 4.57. The number of nitrogens with one attached hydrogen (secondary N) is 2. The van der Waals surface area contributed by atoms with Crippen LogP contribution in [0.5, 0.6) is 0 Å². The van der Waals surface area contributed by atoms with Gasteiger partial charge >= 0.3 is 0 Å². The largest absolute Gasteiger partial charge is 0.370 e. The van der Waals surface area contributed by atoms with Crippen molar-refractivity contribution in [2.45, 2.75) is 33.4 Å². The topological polar surface area (TPSA) is 67.7 Å². The fourth-order valence-corrected chi connectivity index (χ4v) is 1.66. The van der Waals surface area contributed by atoms with Gasteiger partial charge in [0, 0.05) is 37.1 Å². The van der Waals surface area contributed by atoms with Crippen LogP contribution in [0.2, 0.25) is 0 Å². The fourth-order valence-electron chi connectivity index (χ4n) is 1.66. The molecule has 0 aromatic carbocycles. The van der Waals surface area contributed by atoms with Crippen molar-refractivity contribution in [2.24, 2.45) is 0 Å². The van der Waals surface area contributed by atoms with Gasteiger partial charge in [0.05, 0.1) is 6.20 Å². The number of anilines is 2. The number of rotatable bonds is 6. The molecule has 0 amide bonds. The zero-order valence-corrected chi connectivity index (χ0v) is 11.6. The predicted octanol–water partition coefficient (Wildman–Crippen LogP) is 2.30. The highest BCUT2D eigenvalue weighted by Gasteiger charge is 2.03. The van der Waals surface area contributed by atoms with E-state index >= 15 is 0 Å². The fraction of sp³-hybridized carbons (Fsp3) is 0.462. The molecule has 0 aliphatic carbocycles. The number of hydrogen-bond acceptors (Lipinski definition) is 5. The Morgan fingerprint density at radius 2 is 2.16 bits per heavy atom. The van der Waals surface area contributed by atoms with Gasteiger partial charge in [-0.1, -0.05) is 0 Å². The summed E-state index contributed by atoms with van der Waals surface area (Å²) >= 11 is 0. The van der Waals surface area contributed by atoms with E-state index in [1.165, 1.54) is 0 Å². The van der Waals surface area contributed by atoms with Gasteiger partial charge in [-0.15, -0.1) is 0 Å². The van der Waals surface area contributed by atoms with Crippen LogP contribution in [0.15, 0.2) is 24.7 Å². The van der Waals surface area contributed by atoms with E-state index in [1.807, 2.05) is 30.1 Å². The smallest absolute Gasteiger partial charge is 0.224 e. The van der Waals surface area contributed by atoms with Crippen molar-refractivity contribution in [3.63, 3.8) is 0 Å². The molecule has 0 fully saturated rings. The van der Waals surface area contributed by atoms with Crippen LogP contribution < -0.4 is 10.6 Å². The van der Waals surface area contributed by atoms with Gasteiger partial charge in [0.2, 0.25) is 5.95 Å². The summed E-state index contributed by atoms with van der Waals surface area (Å²) in [4.78, 5) is 8.55. The zero-order valence-electron chi connectivity index (χ0n) is 11.6. The van der Waals surface area contributed by atoms with Gasteiger partial charge in [-0.25, -0.2) is 4.98 Å². The summed E-state index contributed by atoms with van der Waals surface area (Å²) in [6, 6.07) is 2.23. The van der Waals surface area contributed by atoms with E-state index in [2.05, 4.69) is 39.5 Å². The molecular weight excluding hydrogens is 240 g/mol. The molecule has 0 atom stereocenters. The quantitative estimate of drug-likeness (QED) is 0.834. The van der Waals surface area contributed by atoms with Crippen LogP contribution >= 0.6 is 0 Å². The molecule has 6 heteroatoms. The summed E-state index contributed by atoms with van der Waals surface area (Å²) < 4.78 is 1.94. The lowest BCUT2D eigenvalue weighted by Gasteiger charge is -2.06. The van der Waals surface area contributed by atoms with Gasteiger partial charge in [-0.3, -0.25) is 4.68 Å². The minimum absolute atomic E-state index is 0.377. The monoisotopic (exact) mass is 260 g/mol. The van der Waals surface area contributed by atoms with Gasteiger partial charge in [0.25, 0.3) is 0 Å². The molecule has 0 aliphatic heterocycles. The molecule has 2 aromatic rings. The van der Waals surface area contributed by atoms with Crippen molar-refractivity contribution in [3.05, 3.63) is 30.2 Å². The third kappa shape index (κ3) is 3.67. The average Bonchev–Trinajstić information content (AvgIpc) is 2.86. The van der Waals surface area contributed by atoms with Gasteiger partial charge in [0.1, 0.15) is 5.82 Å². The summed E-state index contributed by atoms with van der Waals surface area (Å²) in [5.41, 5.74) is 1.12. The van der Waals surface area contributed by atoms with Crippen molar-refractivity contribution in [2.75, 3.05) is 17.2 Å². The molecule has 2 heterocycles. The first-order valence-corrected chi connectivity index (χ1v) is 6.53. The Morgan fingerprint density at radius 1 is 1.32 bits per heavy atom. The van der Waals surface area contributed by atoms with Crippen molar-refractivity contribution in [3.8, 4) is 0 Å². The maximum atomic E-state index is 4.36. The molecule has 6 nitrogen and oxygen atoms in total. The van der Waals surface area contributed by atoms with E-state index in [4.69, 9.17) is 0 Å². The molecular formula is C13H20N6. The lowest BCUT2D eigenvalue weighted by atomic mass is 10.3. The molecule has 19 heavy (non-hydrogen) atoms. The lowest BCUT2D eigenvalue weighted by Crippen LogP contribution is -2.06. The molecule has 2 rings (SSSR count). The lowest BCUT2D eigenvalue weighted by molar-refractivity contribution is 0.532. The van der Waals surface area contributed by atoms with Crippen molar-refractivity contribution in [1.82, 2.24) is 19.7 Å². The Balaban J connectivity index is 1.95. The Hall–Kier alpha value is -2.11. The van der Waals surface area contributed by atoms with Crippen LogP contribution in [-0.4, -0.2) is 26.3 Å². The van der Waals surface area contributed by atoms with Crippen LogP contribution in [0.3, 0.4) is 0 Å². The van der Waals surface area contributed by atoms with Crippen LogP contribution in [0.25, 0.3) is 0 Å². The van der Waals surface area contributed by atoms with E-state index in [0.29, 0.717) is 18.5 Å². The highest BCUT2D eigenvalue weighted by Crippen LogP contribution is 2.09. The molecule has 0 radical (unpaired) electrons. The van der Waals surface area contributed by atoms with Crippen molar-refractivity contribution < 1.29 is 0 Å². The maximum absolute atomic E-state index is 4.36. The summed E-state index contributed by atoms with van der Waals surface area (Å²) in [6.45, 7) is 7.76. The van der Waals surface area contributed by atoms with Crippen molar-refractivity contribution in [1.29, 1.82) is 0 Å². The predicted molar refractivity (Wildman–Crippen MR) is 76.1 cm³/mol. The highest BCUT2D eigenvalue weighted by atomic mass is 15.3. The Bertz CT molecular complexity index is 519. The second-order valence-corrected chi connectivity index (χ2v) is 4.57. The summed E-state index contributed by atoms with van der Waals surface area (Å²) in [6.07, 6.45) is 5.64. The summed E-state index contributed by atoms with van der Waals surface area (Å²) in [5, 5.41) is 10.7.